The van der Waals surface area contributed by atoms with Crippen molar-refractivity contribution in [1.82, 2.24) is 4.98 Å². The van der Waals surface area contributed by atoms with Gasteiger partial charge in [-0.2, -0.15) is 0 Å². The molecule has 12 heavy (non-hydrogen) atoms. The summed E-state index contributed by atoms with van der Waals surface area (Å²) in [6.07, 6.45) is 0. The number of pyridine rings is 1. The van der Waals surface area contributed by atoms with Gasteiger partial charge < -0.3 is 9.47 Å². The van der Waals surface area contributed by atoms with Gasteiger partial charge in [0, 0.05) is 7.11 Å². The van der Waals surface area contributed by atoms with Crippen molar-refractivity contribution in [1.29, 1.82) is 0 Å². The van der Waals surface area contributed by atoms with E-state index in [0.29, 0.717) is 0 Å². The molecule has 0 unspecified atom stereocenters. The second-order valence-electron chi connectivity index (χ2n) is 1.97. The van der Waals surface area contributed by atoms with Crippen LogP contribution in [0.15, 0.2) is 12.1 Å². The fourth-order valence-electron chi connectivity index (χ4n) is 0.629. The molecule has 0 aliphatic carbocycles. The highest BCUT2D eigenvalue weighted by Gasteiger charge is 2.01. The molecular weight excluding hydrogens is 384 g/mol. The number of methoxy groups -OCH3 is 1. The van der Waals surface area contributed by atoms with Gasteiger partial charge >= 0.3 is 0 Å². The fraction of sp³-hybridized carbons (Fsp3) is 0.286. The van der Waals surface area contributed by atoms with E-state index in [4.69, 9.17) is 9.47 Å². The van der Waals surface area contributed by atoms with Crippen LogP contribution in [0, 0.1) is 7.40 Å². The van der Waals surface area contributed by atoms with Crippen molar-refractivity contribution in [2.45, 2.75) is 0 Å². The topological polar surface area (TPSA) is 31.4 Å². The summed E-state index contributed by atoms with van der Waals surface area (Å²) in [6, 6.07) is 3.78. The number of nitrogens with zero attached hydrogens (tertiary/aromatic N) is 1. The van der Waals surface area contributed by atoms with Crippen LogP contribution in [-0.2, 0) is 4.74 Å². The van der Waals surface area contributed by atoms with E-state index in [1.54, 1.807) is 7.11 Å². The molecule has 0 radical (unpaired) electrons. The van der Waals surface area contributed by atoms with E-state index in [-0.39, 0.29) is 6.79 Å². The van der Waals surface area contributed by atoms with E-state index in [1.165, 1.54) is 0 Å². The first kappa shape index (κ1) is 10.5. The normalized spacial score (nSPS) is 9.92. The molecular formula is C7H7I2NO2. The van der Waals surface area contributed by atoms with Crippen LogP contribution in [0.3, 0.4) is 0 Å². The van der Waals surface area contributed by atoms with Crippen LogP contribution >= 0.6 is 45.2 Å². The monoisotopic (exact) mass is 391 g/mol. The second kappa shape index (κ2) is 5.18. The summed E-state index contributed by atoms with van der Waals surface area (Å²) in [5.74, 6) is 0.762. The molecule has 3 nitrogen and oxygen atoms in total. The molecule has 0 N–H and O–H groups in total. The average molecular weight is 391 g/mol. The lowest BCUT2D eigenvalue weighted by Crippen LogP contribution is -2.01. The van der Waals surface area contributed by atoms with Gasteiger partial charge in [0.25, 0.3) is 0 Å². The highest BCUT2D eigenvalue weighted by molar-refractivity contribution is 14.1. The summed E-state index contributed by atoms with van der Waals surface area (Å²) in [5.41, 5.74) is 0. The molecule has 0 saturated carbocycles. The van der Waals surface area contributed by atoms with Crippen LogP contribution in [0.5, 0.6) is 5.75 Å². The molecule has 0 saturated heterocycles. The maximum Gasteiger partial charge on any atom is 0.188 e. The Balaban J connectivity index is 2.72. The Labute approximate surface area is 98.1 Å². The Hall–Kier alpha value is 0.370. The van der Waals surface area contributed by atoms with Crippen LogP contribution in [0.25, 0.3) is 0 Å². The molecule has 66 valence electrons. The first-order valence-electron chi connectivity index (χ1n) is 3.18. The van der Waals surface area contributed by atoms with Crippen LogP contribution < -0.4 is 4.74 Å². The third-order valence-corrected chi connectivity index (χ3v) is 2.49. The second-order valence-corrected chi connectivity index (χ2v) is 4.10. The molecule has 5 heteroatoms. The zero-order valence-electron chi connectivity index (χ0n) is 6.38. The van der Waals surface area contributed by atoms with Crippen molar-refractivity contribution in [3.63, 3.8) is 0 Å². The zero-order chi connectivity index (χ0) is 8.97. The summed E-state index contributed by atoms with van der Waals surface area (Å²) in [7, 11) is 1.59. The predicted octanol–water partition coefficient (Wildman–Crippen LogP) is 2.27. The fourth-order valence-corrected chi connectivity index (χ4v) is 2.11. The van der Waals surface area contributed by atoms with Crippen molar-refractivity contribution in [2.24, 2.45) is 0 Å². The number of rotatable bonds is 3. The van der Waals surface area contributed by atoms with Gasteiger partial charge in [-0.25, -0.2) is 4.98 Å². The van der Waals surface area contributed by atoms with E-state index in [1.807, 2.05) is 12.1 Å². The van der Waals surface area contributed by atoms with Crippen molar-refractivity contribution < 1.29 is 9.47 Å². The zero-order valence-corrected chi connectivity index (χ0v) is 10.7. The minimum atomic E-state index is 0.262. The average Bonchev–Trinajstić information content (AvgIpc) is 2.03. The number of hydrogen-bond donors (Lipinski definition) is 0. The van der Waals surface area contributed by atoms with E-state index >= 15 is 0 Å². The summed E-state index contributed by atoms with van der Waals surface area (Å²) in [6.45, 7) is 0.262. The van der Waals surface area contributed by atoms with Gasteiger partial charge in [-0.1, -0.05) is 0 Å². The summed E-state index contributed by atoms with van der Waals surface area (Å²) < 4.78 is 11.8. The molecule has 0 aliphatic rings. The Kier molecular flexibility index (Phi) is 4.51. The molecule has 0 fully saturated rings. The molecule has 0 bridgehead atoms. The number of hydrogen-bond acceptors (Lipinski definition) is 3. The molecule has 1 heterocycles. The lowest BCUT2D eigenvalue weighted by Gasteiger charge is -2.05. The number of aromatic nitrogens is 1. The van der Waals surface area contributed by atoms with Gasteiger partial charge in [-0.3, -0.25) is 0 Å². The number of ether oxygens (including phenoxy) is 2. The third kappa shape index (κ3) is 3.02. The molecule has 1 aromatic rings. The van der Waals surface area contributed by atoms with Crippen molar-refractivity contribution in [3.05, 3.63) is 19.5 Å². The minimum Gasteiger partial charge on any atom is -0.465 e. The van der Waals surface area contributed by atoms with Crippen LogP contribution in [0.4, 0.5) is 0 Å². The third-order valence-electron chi connectivity index (χ3n) is 1.11. The largest absolute Gasteiger partial charge is 0.465 e. The maximum atomic E-state index is 5.25. The van der Waals surface area contributed by atoms with Crippen molar-refractivity contribution in [3.8, 4) is 5.75 Å². The Morgan fingerprint density at radius 2 is 2.17 bits per heavy atom. The van der Waals surface area contributed by atoms with E-state index in [0.717, 1.165) is 13.2 Å². The van der Waals surface area contributed by atoms with Crippen LogP contribution in [0.1, 0.15) is 0 Å². The molecule has 0 atom stereocenters. The maximum absolute atomic E-state index is 5.25. The SMILES string of the molecule is COCOc1ccc(I)nc1I. The first-order valence-corrected chi connectivity index (χ1v) is 5.33. The van der Waals surface area contributed by atoms with Crippen LogP contribution in [-0.4, -0.2) is 18.9 Å². The Morgan fingerprint density at radius 1 is 1.42 bits per heavy atom. The van der Waals surface area contributed by atoms with Gasteiger partial charge in [0.2, 0.25) is 0 Å². The quantitative estimate of drug-likeness (QED) is 0.451. The summed E-state index contributed by atoms with van der Waals surface area (Å²) in [5, 5.41) is 0. The predicted molar refractivity (Wildman–Crippen MR) is 62.2 cm³/mol. The highest BCUT2D eigenvalue weighted by Crippen LogP contribution is 2.19. The van der Waals surface area contributed by atoms with Gasteiger partial charge in [-0.05, 0) is 57.3 Å². The molecule has 1 aromatic heterocycles. The lowest BCUT2D eigenvalue weighted by molar-refractivity contribution is 0.0501. The molecule has 0 spiro atoms. The Bertz CT molecular complexity index is 268. The Morgan fingerprint density at radius 3 is 2.75 bits per heavy atom. The standard InChI is InChI=1S/C7H7I2NO2/c1-11-4-12-5-2-3-6(8)10-7(5)9/h2-3H,4H2,1H3. The van der Waals surface area contributed by atoms with Crippen molar-refractivity contribution >= 4 is 45.2 Å². The first-order chi connectivity index (χ1) is 5.74. The van der Waals surface area contributed by atoms with Crippen molar-refractivity contribution in [2.75, 3.05) is 13.9 Å². The molecule has 0 aromatic carbocycles. The number of halogens is 2. The van der Waals surface area contributed by atoms with E-state index in [9.17, 15) is 0 Å². The van der Waals surface area contributed by atoms with Crippen LogP contribution in [0.2, 0.25) is 0 Å². The van der Waals surface area contributed by atoms with Gasteiger partial charge in [-0.15, -0.1) is 0 Å². The lowest BCUT2D eigenvalue weighted by atomic mass is 10.5. The van der Waals surface area contributed by atoms with Gasteiger partial charge in [0.15, 0.2) is 12.5 Å². The summed E-state index contributed by atoms with van der Waals surface area (Å²) >= 11 is 4.29. The van der Waals surface area contributed by atoms with E-state index < -0.39 is 0 Å². The summed E-state index contributed by atoms with van der Waals surface area (Å²) in [4.78, 5) is 4.22. The molecule has 1 rings (SSSR count). The minimum absolute atomic E-state index is 0.262. The van der Waals surface area contributed by atoms with E-state index in [2.05, 4.69) is 50.2 Å². The molecule has 0 aliphatic heterocycles. The smallest absolute Gasteiger partial charge is 0.188 e. The molecule has 0 amide bonds. The highest BCUT2D eigenvalue weighted by atomic mass is 127. The van der Waals surface area contributed by atoms with Gasteiger partial charge in [0.05, 0.1) is 0 Å². The van der Waals surface area contributed by atoms with Gasteiger partial charge in [0.1, 0.15) is 7.40 Å².